The van der Waals surface area contributed by atoms with Gasteiger partial charge in [0.15, 0.2) is 0 Å². The summed E-state index contributed by atoms with van der Waals surface area (Å²) in [5.74, 6) is 0. The van der Waals surface area contributed by atoms with Crippen molar-refractivity contribution < 1.29 is 8.42 Å². The van der Waals surface area contributed by atoms with Gasteiger partial charge in [-0.15, -0.1) is 0 Å². The maximum Gasteiger partial charge on any atom is 0.240 e. The number of hydrogen-bond donors (Lipinski definition) is 2. The summed E-state index contributed by atoms with van der Waals surface area (Å²) in [6.45, 7) is 4.54. The van der Waals surface area contributed by atoms with Gasteiger partial charge in [0.05, 0.1) is 4.90 Å². The molecule has 1 unspecified atom stereocenters. The van der Waals surface area contributed by atoms with Gasteiger partial charge in [0.1, 0.15) is 0 Å². The Balaban J connectivity index is 1.99. The minimum Gasteiger partial charge on any atom is -0.381 e. The average Bonchev–Trinajstić information content (AvgIpc) is 2.82. The number of benzene rings is 1. The Morgan fingerprint density at radius 2 is 2.00 bits per heavy atom. The van der Waals surface area contributed by atoms with Gasteiger partial charge in [-0.1, -0.05) is 6.92 Å². The van der Waals surface area contributed by atoms with Crippen molar-refractivity contribution in [2.24, 2.45) is 0 Å². The smallest absolute Gasteiger partial charge is 0.240 e. The molecule has 5 nitrogen and oxygen atoms in total. The van der Waals surface area contributed by atoms with E-state index in [1.807, 2.05) is 19.1 Å². The van der Waals surface area contributed by atoms with E-state index < -0.39 is 10.0 Å². The Bertz CT molecular complexity index is 528. The van der Waals surface area contributed by atoms with Crippen LogP contribution in [-0.2, 0) is 10.0 Å². The Kier molecular flexibility index (Phi) is 5.01. The molecule has 0 aromatic heterocycles. The third kappa shape index (κ3) is 3.94. The van der Waals surface area contributed by atoms with Crippen LogP contribution in [0, 0.1) is 0 Å². The highest BCUT2D eigenvalue weighted by atomic mass is 32.2. The molecule has 1 aromatic carbocycles. The standard InChI is InChI=1S/C14H23N3O2S/c1-3-9-15-20(18,19)14-6-4-12(5-7-14)16-13-8-10-17(2)11-13/h4-7,13,15-16H,3,8-11H2,1-2H3. The molecule has 0 amide bonds. The van der Waals surface area contributed by atoms with E-state index in [1.54, 1.807) is 12.1 Å². The van der Waals surface area contributed by atoms with E-state index in [0.29, 0.717) is 17.5 Å². The van der Waals surface area contributed by atoms with E-state index in [0.717, 1.165) is 31.6 Å². The number of anilines is 1. The summed E-state index contributed by atoms with van der Waals surface area (Å²) in [6, 6.07) is 7.41. The molecule has 2 rings (SSSR count). The van der Waals surface area contributed by atoms with E-state index in [2.05, 4.69) is 22.0 Å². The van der Waals surface area contributed by atoms with E-state index in [4.69, 9.17) is 0 Å². The molecule has 1 aromatic rings. The van der Waals surface area contributed by atoms with Crippen LogP contribution >= 0.6 is 0 Å². The zero-order chi connectivity index (χ0) is 14.6. The third-order valence-electron chi connectivity index (χ3n) is 3.47. The fourth-order valence-electron chi connectivity index (χ4n) is 2.34. The van der Waals surface area contributed by atoms with Crippen LogP contribution in [0.25, 0.3) is 0 Å². The molecule has 6 heteroatoms. The highest BCUT2D eigenvalue weighted by molar-refractivity contribution is 7.89. The van der Waals surface area contributed by atoms with E-state index in [1.165, 1.54) is 0 Å². The molecule has 0 aliphatic carbocycles. The first-order chi connectivity index (χ1) is 9.51. The summed E-state index contributed by atoms with van der Waals surface area (Å²) >= 11 is 0. The topological polar surface area (TPSA) is 61.4 Å². The Morgan fingerprint density at radius 1 is 1.30 bits per heavy atom. The molecule has 1 atom stereocenters. The molecule has 1 aliphatic heterocycles. The highest BCUT2D eigenvalue weighted by Gasteiger charge is 2.19. The normalized spacial score (nSPS) is 20.2. The number of nitrogens with one attached hydrogen (secondary N) is 2. The van der Waals surface area contributed by atoms with Gasteiger partial charge in [-0.05, 0) is 50.7 Å². The molecule has 112 valence electrons. The van der Waals surface area contributed by atoms with Crippen molar-refractivity contribution >= 4 is 15.7 Å². The largest absolute Gasteiger partial charge is 0.381 e. The number of hydrogen-bond acceptors (Lipinski definition) is 4. The summed E-state index contributed by atoms with van der Waals surface area (Å²) in [5.41, 5.74) is 0.972. The van der Waals surface area contributed by atoms with Gasteiger partial charge in [-0.25, -0.2) is 13.1 Å². The lowest BCUT2D eigenvalue weighted by Crippen LogP contribution is -2.25. The number of nitrogens with zero attached hydrogens (tertiary/aromatic N) is 1. The van der Waals surface area contributed by atoms with Crippen molar-refractivity contribution in [3.63, 3.8) is 0 Å². The molecule has 1 saturated heterocycles. The second-order valence-electron chi connectivity index (χ2n) is 5.31. The van der Waals surface area contributed by atoms with Crippen LogP contribution in [0.2, 0.25) is 0 Å². The average molecular weight is 297 g/mol. The minimum absolute atomic E-state index is 0.319. The summed E-state index contributed by atoms with van der Waals surface area (Å²) < 4.78 is 26.5. The van der Waals surface area contributed by atoms with E-state index in [9.17, 15) is 8.42 Å². The Labute approximate surface area is 121 Å². The lowest BCUT2D eigenvalue weighted by atomic mass is 10.2. The first-order valence-electron chi connectivity index (χ1n) is 7.06. The van der Waals surface area contributed by atoms with Crippen molar-refractivity contribution in [3.05, 3.63) is 24.3 Å². The molecular weight excluding hydrogens is 274 g/mol. The van der Waals surface area contributed by atoms with Crippen LogP contribution in [0.3, 0.4) is 0 Å². The van der Waals surface area contributed by atoms with Crippen LogP contribution in [0.4, 0.5) is 5.69 Å². The molecule has 0 saturated carbocycles. The maximum absolute atomic E-state index is 12.0. The van der Waals surface area contributed by atoms with Gasteiger partial charge in [0, 0.05) is 24.8 Å². The van der Waals surface area contributed by atoms with E-state index in [-0.39, 0.29) is 0 Å². The number of sulfonamides is 1. The zero-order valence-corrected chi connectivity index (χ0v) is 12.9. The van der Waals surface area contributed by atoms with Crippen molar-refractivity contribution in [1.82, 2.24) is 9.62 Å². The monoisotopic (exact) mass is 297 g/mol. The molecule has 20 heavy (non-hydrogen) atoms. The molecule has 2 N–H and O–H groups in total. The lowest BCUT2D eigenvalue weighted by molar-refractivity contribution is 0.414. The highest BCUT2D eigenvalue weighted by Crippen LogP contribution is 2.17. The van der Waals surface area contributed by atoms with Crippen LogP contribution < -0.4 is 10.0 Å². The van der Waals surface area contributed by atoms with Gasteiger partial charge in [0.25, 0.3) is 0 Å². The molecular formula is C14H23N3O2S. The van der Waals surface area contributed by atoms with Gasteiger partial charge < -0.3 is 10.2 Å². The lowest BCUT2D eigenvalue weighted by Gasteiger charge is -2.14. The number of rotatable bonds is 6. The van der Waals surface area contributed by atoms with Crippen molar-refractivity contribution in [2.45, 2.75) is 30.7 Å². The predicted molar refractivity (Wildman–Crippen MR) is 81.4 cm³/mol. The first kappa shape index (κ1) is 15.3. The summed E-state index contributed by atoms with van der Waals surface area (Å²) in [4.78, 5) is 2.60. The minimum atomic E-state index is -3.36. The zero-order valence-electron chi connectivity index (χ0n) is 12.1. The van der Waals surface area contributed by atoms with Gasteiger partial charge in [0.2, 0.25) is 10.0 Å². The third-order valence-corrected chi connectivity index (χ3v) is 4.95. The van der Waals surface area contributed by atoms with Gasteiger partial charge in [-0.3, -0.25) is 0 Å². The van der Waals surface area contributed by atoms with Gasteiger partial charge in [-0.2, -0.15) is 0 Å². The summed E-state index contributed by atoms with van der Waals surface area (Å²) in [6.07, 6.45) is 1.91. The quantitative estimate of drug-likeness (QED) is 0.835. The van der Waals surface area contributed by atoms with E-state index >= 15 is 0 Å². The van der Waals surface area contributed by atoms with Crippen LogP contribution in [0.1, 0.15) is 19.8 Å². The molecule has 1 heterocycles. The molecule has 1 fully saturated rings. The van der Waals surface area contributed by atoms with Crippen molar-refractivity contribution in [3.8, 4) is 0 Å². The number of likely N-dealkylation sites (tertiary alicyclic amines) is 1. The molecule has 0 bridgehead atoms. The molecule has 0 radical (unpaired) electrons. The fourth-order valence-corrected chi connectivity index (χ4v) is 3.47. The summed E-state index contributed by atoms with van der Waals surface area (Å²) in [5, 5.41) is 3.44. The molecule has 0 spiro atoms. The van der Waals surface area contributed by atoms with Crippen LogP contribution in [0.5, 0.6) is 0 Å². The molecule has 1 aliphatic rings. The number of likely N-dealkylation sites (N-methyl/N-ethyl adjacent to an activating group) is 1. The second kappa shape index (κ2) is 6.56. The SMILES string of the molecule is CCCNS(=O)(=O)c1ccc(NC2CCN(C)C2)cc1. The van der Waals surface area contributed by atoms with Crippen molar-refractivity contribution in [2.75, 3.05) is 32.0 Å². The Hall–Kier alpha value is -1.11. The van der Waals surface area contributed by atoms with Gasteiger partial charge >= 0.3 is 0 Å². The van der Waals surface area contributed by atoms with Crippen LogP contribution in [0.15, 0.2) is 29.2 Å². The second-order valence-corrected chi connectivity index (χ2v) is 7.08. The van der Waals surface area contributed by atoms with Crippen molar-refractivity contribution in [1.29, 1.82) is 0 Å². The fraction of sp³-hybridized carbons (Fsp3) is 0.571. The first-order valence-corrected chi connectivity index (χ1v) is 8.54. The predicted octanol–water partition coefficient (Wildman–Crippen LogP) is 1.49. The summed E-state index contributed by atoms with van der Waals surface area (Å²) in [7, 11) is -1.25. The maximum atomic E-state index is 12.0. The Morgan fingerprint density at radius 3 is 2.55 bits per heavy atom. The van der Waals surface area contributed by atoms with Crippen LogP contribution in [-0.4, -0.2) is 46.0 Å².